The molecule has 1 aliphatic heterocycles. The van der Waals surface area contributed by atoms with E-state index in [4.69, 9.17) is 14.2 Å². The molecule has 0 N–H and O–H groups in total. The third kappa shape index (κ3) is 3.82. The standard InChI is InChI=1S/C16H22O3/c1-12-8-9-15(17-4)13(10-12)6-5-7-14-11-18-16(2,3)19-14/h5-6,8-10,14H,7,11H2,1-4H3/b6-5-/t14-/m0/s1. The highest BCUT2D eigenvalue weighted by molar-refractivity contribution is 5.58. The molecule has 1 atom stereocenters. The van der Waals surface area contributed by atoms with Crippen LogP contribution >= 0.6 is 0 Å². The van der Waals surface area contributed by atoms with Crippen LogP contribution < -0.4 is 4.74 Å². The van der Waals surface area contributed by atoms with Crippen molar-refractivity contribution in [2.45, 2.75) is 39.1 Å². The van der Waals surface area contributed by atoms with E-state index in [1.54, 1.807) is 7.11 Å². The Morgan fingerprint density at radius 1 is 1.42 bits per heavy atom. The number of hydrogen-bond donors (Lipinski definition) is 0. The van der Waals surface area contributed by atoms with E-state index in [1.165, 1.54) is 5.56 Å². The molecule has 1 fully saturated rings. The Bertz CT molecular complexity index is 463. The molecule has 0 aliphatic carbocycles. The summed E-state index contributed by atoms with van der Waals surface area (Å²) in [6, 6.07) is 6.16. The van der Waals surface area contributed by atoms with Crippen molar-refractivity contribution in [3.05, 3.63) is 35.4 Å². The van der Waals surface area contributed by atoms with Crippen LogP contribution in [0.25, 0.3) is 6.08 Å². The predicted molar refractivity (Wildman–Crippen MR) is 76.3 cm³/mol. The highest BCUT2D eigenvalue weighted by Crippen LogP contribution is 2.25. The molecular weight excluding hydrogens is 240 g/mol. The van der Waals surface area contributed by atoms with Crippen LogP contribution in [0.2, 0.25) is 0 Å². The number of ether oxygens (including phenoxy) is 3. The minimum Gasteiger partial charge on any atom is -0.496 e. The van der Waals surface area contributed by atoms with Gasteiger partial charge < -0.3 is 14.2 Å². The van der Waals surface area contributed by atoms with Crippen LogP contribution in [0.1, 0.15) is 31.4 Å². The number of rotatable bonds is 4. The van der Waals surface area contributed by atoms with E-state index in [-0.39, 0.29) is 6.10 Å². The second-order valence-corrected chi connectivity index (χ2v) is 5.33. The van der Waals surface area contributed by atoms with Gasteiger partial charge in [0.15, 0.2) is 5.79 Å². The topological polar surface area (TPSA) is 27.7 Å². The Labute approximate surface area is 115 Å². The zero-order valence-corrected chi connectivity index (χ0v) is 12.1. The maximum atomic E-state index is 5.76. The van der Waals surface area contributed by atoms with Crippen molar-refractivity contribution in [1.82, 2.24) is 0 Å². The molecule has 1 aromatic carbocycles. The summed E-state index contributed by atoms with van der Waals surface area (Å²) in [5, 5.41) is 0. The number of benzene rings is 1. The molecule has 0 aromatic heterocycles. The first-order chi connectivity index (χ1) is 9.00. The molecule has 104 valence electrons. The molecule has 1 heterocycles. The van der Waals surface area contributed by atoms with Crippen molar-refractivity contribution in [3.8, 4) is 5.75 Å². The Kier molecular flexibility index (Phi) is 4.27. The maximum Gasteiger partial charge on any atom is 0.163 e. The summed E-state index contributed by atoms with van der Waals surface area (Å²) in [6.45, 7) is 6.62. The molecule has 0 bridgehead atoms. The van der Waals surface area contributed by atoms with Gasteiger partial charge in [-0.2, -0.15) is 0 Å². The normalized spacial score (nSPS) is 22.0. The van der Waals surface area contributed by atoms with Gasteiger partial charge >= 0.3 is 0 Å². The smallest absolute Gasteiger partial charge is 0.163 e. The van der Waals surface area contributed by atoms with E-state index in [2.05, 4.69) is 25.1 Å². The first kappa shape index (κ1) is 14.1. The van der Waals surface area contributed by atoms with E-state index in [1.807, 2.05) is 26.0 Å². The number of aryl methyl sites for hydroxylation is 1. The summed E-state index contributed by atoms with van der Waals surface area (Å²) in [4.78, 5) is 0. The molecule has 1 aromatic rings. The average Bonchev–Trinajstić information content (AvgIpc) is 2.69. The Morgan fingerprint density at radius 2 is 2.21 bits per heavy atom. The van der Waals surface area contributed by atoms with E-state index < -0.39 is 5.79 Å². The molecule has 0 amide bonds. The van der Waals surface area contributed by atoms with Crippen LogP contribution in [0.3, 0.4) is 0 Å². The summed E-state index contributed by atoms with van der Waals surface area (Å²) in [6.07, 6.45) is 5.19. The van der Waals surface area contributed by atoms with E-state index >= 15 is 0 Å². The van der Waals surface area contributed by atoms with Crippen molar-refractivity contribution in [3.63, 3.8) is 0 Å². The van der Waals surface area contributed by atoms with Crippen molar-refractivity contribution in [2.24, 2.45) is 0 Å². The molecule has 1 aliphatic rings. The molecular formula is C16H22O3. The lowest BCUT2D eigenvalue weighted by atomic mass is 10.1. The lowest BCUT2D eigenvalue weighted by Gasteiger charge is -2.16. The van der Waals surface area contributed by atoms with Gasteiger partial charge in [0, 0.05) is 5.56 Å². The van der Waals surface area contributed by atoms with Gasteiger partial charge in [-0.1, -0.05) is 23.8 Å². The van der Waals surface area contributed by atoms with Crippen molar-refractivity contribution >= 4 is 6.08 Å². The van der Waals surface area contributed by atoms with Gasteiger partial charge in [-0.3, -0.25) is 0 Å². The van der Waals surface area contributed by atoms with Crippen LogP contribution in [-0.2, 0) is 9.47 Å². The molecule has 3 nitrogen and oxygen atoms in total. The fourth-order valence-electron chi connectivity index (χ4n) is 2.21. The fraction of sp³-hybridized carbons (Fsp3) is 0.500. The minimum absolute atomic E-state index is 0.141. The highest BCUT2D eigenvalue weighted by atomic mass is 16.7. The van der Waals surface area contributed by atoms with Crippen molar-refractivity contribution < 1.29 is 14.2 Å². The lowest BCUT2D eigenvalue weighted by Crippen LogP contribution is -2.21. The third-order valence-electron chi connectivity index (χ3n) is 3.15. The summed E-state index contributed by atoms with van der Waals surface area (Å²) in [7, 11) is 1.69. The summed E-state index contributed by atoms with van der Waals surface area (Å²) >= 11 is 0. The zero-order chi connectivity index (χ0) is 13.9. The van der Waals surface area contributed by atoms with Crippen LogP contribution in [0, 0.1) is 6.92 Å². The predicted octanol–water partition coefficient (Wildman–Crippen LogP) is 3.56. The van der Waals surface area contributed by atoms with E-state index in [0.29, 0.717) is 6.61 Å². The van der Waals surface area contributed by atoms with Crippen LogP contribution in [0.15, 0.2) is 24.3 Å². The average molecular weight is 262 g/mol. The van der Waals surface area contributed by atoms with Crippen LogP contribution in [0.4, 0.5) is 0 Å². The summed E-state index contributed by atoms with van der Waals surface area (Å²) < 4.78 is 16.6. The Balaban J connectivity index is 1.98. The van der Waals surface area contributed by atoms with Gasteiger partial charge in [0.25, 0.3) is 0 Å². The van der Waals surface area contributed by atoms with Crippen LogP contribution in [-0.4, -0.2) is 25.6 Å². The molecule has 0 spiro atoms. The Hall–Kier alpha value is -1.32. The van der Waals surface area contributed by atoms with E-state index in [0.717, 1.165) is 17.7 Å². The number of hydrogen-bond acceptors (Lipinski definition) is 3. The monoisotopic (exact) mass is 262 g/mol. The van der Waals surface area contributed by atoms with Crippen molar-refractivity contribution in [1.29, 1.82) is 0 Å². The quantitative estimate of drug-likeness (QED) is 0.830. The second-order valence-electron chi connectivity index (χ2n) is 5.33. The first-order valence-electron chi connectivity index (χ1n) is 6.63. The van der Waals surface area contributed by atoms with E-state index in [9.17, 15) is 0 Å². The van der Waals surface area contributed by atoms with Gasteiger partial charge in [-0.05, 0) is 39.3 Å². The third-order valence-corrected chi connectivity index (χ3v) is 3.15. The van der Waals surface area contributed by atoms with Crippen molar-refractivity contribution in [2.75, 3.05) is 13.7 Å². The lowest BCUT2D eigenvalue weighted by molar-refractivity contribution is -0.137. The molecule has 2 rings (SSSR count). The summed E-state index contributed by atoms with van der Waals surface area (Å²) in [5.74, 6) is 0.449. The minimum atomic E-state index is -0.445. The van der Waals surface area contributed by atoms with Gasteiger partial charge in [0.2, 0.25) is 0 Å². The summed E-state index contributed by atoms with van der Waals surface area (Å²) in [5.41, 5.74) is 2.32. The Morgan fingerprint density at radius 3 is 2.84 bits per heavy atom. The molecule has 0 radical (unpaired) electrons. The second kappa shape index (κ2) is 5.76. The molecule has 0 unspecified atom stereocenters. The van der Waals surface area contributed by atoms with Gasteiger partial charge in [-0.25, -0.2) is 0 Å². The fourth-order valence-corrected chi connectivity index (χ4v) is 2.21. The first-order valence-corrected chi connectivity index (χ1v) is 6.63. The molecule has 3 heteroatoms. The largest absolute Gasteiger partial charge is 0.496 e. The number of methoxy groups -OCH3 is 1. The molecule has 0 saturated carbocycles. The SMILES string of the molecule is COc1ccc(C)cc1/C=C\C[C@H]1COC(C)(C)O1. The zero-order valence-electron chi connectivity index (χ0n) is 12.1. The van der Waals surface area contributed by atoms with Gasteiger partial charge in [-0.15, -0.1) is 0 Å². The van der Waals surface area contributed by atoms with Gasteiger partial charge in [0.1, 0.15) is 5.75 Å². The highest BCUT2D eigenvalue weighted by Gasteiger charge is 2.31. The molecule has 1 saturated heterocycles. The van der Waals surface area contributed by atoms with Gasteiger partial charge in [0.05, 0.1) is 19.8 Å². The van der Waals surface area contributed by atoms with Crippen LogP contribution in [0.5, 0.6) is 5.75 Å². The maximum absolute atomic E-state index is 5.76. The molecule has 19 heavy (non-hydrogen) atoms.